The number of rotatable bonds is 13. The minimum Gasteiger partial charge on any atom is -0.469 e. The second kappa shape index (κ2) is 14.2. The molecule has 0 heterocycles. The summed E-state index contributed by atoms with van der Waals surface area (Å²) in [5.74, 6) is -1.65. The Morgan fingerprint density at radius 3 is 2.50 bits per heavy atom. The molecule has 1 rings (SSSR count). The normalized spacial score (nSPS) is 20.2. The second-order valence-electron chi connectivity index (χ2n) is 7.58. The van der Waals surface area contributed by atoms with Crippen LogP contribution < -0.4 is 0 Å². The molecule has 7 nitrogen and oxygen atoms in total. The van der Waals surface area contributed by atoms with Crippen molar-refractivity contribution in [2.45, 2.75) is 77.4 Å². The van der Waals surface area contributed by atoms with Gasteiger partial charge in [0.1, 0.15) is 6.10 Å². The maximum absolute atomic E-state index is 12.5. The monoisotopic (exact) mass is 446 g/mol. The van der Waals surface area contributed by atoms with Gasteiger partial charge in [0.25, 0.3) is 0 Å². The van der Waals surface area contributed by atoms with E-state index in [1.54, 1.807) is 24.3 Å². The van der Waals surface area contributed by atoms with Gasteiger partial charge in [-0.2, -0.15) is 0 Å². The first-order valence-corrected chi connectivity index (χ1v) is 10.9. The van der Waals surface area contributed by atoms with E-state index in [0.717, 1.165) is 25.7 Å². The lowest BCUT2D eigenvalue weighted by molar-refractivity contribution is -0.149. The number of esters is 3. The summed E-state index contributed by atoms with van der Waals surface area (Å²) in [5.41, 5.74) is -0.853. The fraction of sp³-hybridized carbons (Fsp3) is 0.520. The zero-order chi connectivity index (χ0) is 24.0. The molecular formula is C25H34O7. The van der Waals surface area contributed by atoms with Crippen LogP contribution in [-0.4, -0.2) is 42.5 Å². The van der Waals surface area contributed by atoms with Crippen molar-refractivity contribution < 1.29 is 33.4 Å². The Morgan fingerprint density at radius 1 is 1.12 bits per heavy atom. The maximum atomic E-state index is 12.5. The van der Waals surface area contributed by atoms with Crippen LogP contribution in [-0.2, 0) is 33.4 Å². The molecule has 176 valence electrons. The Balaban J connectivity index is 3.02. The number of ether oxygens (including phenoxy) is 3. The van der Waals surface area contributed by atoms with E-state index in [9.17, 15) is 19.2 Å². The van der Waals surface area contributed by atoms with Gasteiger partial charge in [0, 0.05) is 32.3 Å². The molecule has 0 saturated heterocycles. The average Bonchev–Trinajstić information content (AvgIpc) is 3.03. The van der Waals surface area contributed by atoms with Crippen LogP contribution >= 0.6 is 0 Å². The SMILES string of the molecule is CCCCC/C=C\C[C@@]1(OC(C)=O)C=CC(=O)/C1=C/C=C\[C@@H](CCC(=O)OC)OC(C)=O. The van der Waals surface area contributed by atoms with Gasteiger partial charge in [-0.15, -0.1) is 0 Å². The predicted octanol–water partition coefficient (Wildman–Crippen LogP) is 4.32. The van der Waals surface area contributed by atoms with Gasteiger partial charge in [0.2, 0.25) is 0 Å². The van der Waals surface area contributed by atoms with Crippen LogP contribution in [0.15, 0.2) is 48.1 Å². The summed E-state index contributed by atoms with van der Waals surface area (Å²) in [5, 5.41) is 0. The third kappa shape index (κ3) is 9.45. The summed E-state index contributed by atoms with van der Waals surface area (Å²) in [6.07, 6.45) is 16.0. The van der Waals surface area contributed by atoms with Crippen molar-refractivity contribution in [1.82, 2.24) is 0 Å². The van der Waals surface area contributed by atoms with Gasteiger partial charge in [-0.05, 0) is 37.5 Å². The molecule has 0 aliphatic heterocycles. The lowest BCUT2D eigenvalue weighted by Gasteiger charge is -2.27. The Bertz CT molecular complexity index is 788. The van der Waals surface area contributed by atoms with E-state index in [0.29, 0.717) is 12.0 Å². The lowest BCUT2D eigenvalue weighted by atomic mass is 9.91. The van der Waals surface area contributed by atoms with Crippen molar-refractivity contribution >= 4 is 23.7 Å². The van der Waals surface area contributed by atoms with Crippen molar-refractivity contribution in [3.05, 3.63) is 48.1 Å². The Morgan fingerprint density at radius 2 is 1.88 bits per heavy atom. The summed E-state index contributed by atoms with van der Waals surface area (Å²) in [6.45, 7) is 4.72. The van der Waals surface area contributed by atoms with Crippen LogP contribution in [0.5, 0.6) is 0 Å². The molecule has 1 aliphatic carbocycles. The molecule has 0 spiro atoms. The van der Waals surface area contributed by atoms with Crippen molar-refractivity contribution in [2.75, 3.05) is 7.11 Å². The van der Waals surface area contributed by atoms with Crippen LogP contribution in [0.1, 0.15) is 65.7 Å². The number of carbonyl (C=O) groups is 4. The Labute approximate surface area is 190 Å². The summed E-state index contributed by atoms with van der Waals surface area (Å²) < 4.78 is 15.4. The minimum absolute atomic E-state index is 0.0794. The zero-order valence-electron chi connectivity index (χ0n) is 19.4. The standard InChI is InChI=1S/C25H34O7/c1-5-6-7-8-9-10-17-25(32-20(3)27)18-16-23(28)22(25)13-11-12-21(31-19(2)26)14-15-24(29)30-4/h9-13,16,18,21H,5-8,14-15,17H2,1-4H3/b10-9-,12-11-,22-13-/t21-,25+/m0/s1. The molecule has 0 aromatic carbocycles. The van der Waals surface area contributed by atoms with E-state index in [-0.39, 0.29) is 18.6 Å². The van der Waals surface area contributed by atoms with Gasteiger partial charge in [-0.3, -0.25) is 19.2 Å². The molecule has 0 radical (unpaired) electrons. The van der Waals surface area contributed by atoms with Crippen molar-refractivity contribution in [3.63, 3.8) is 0 Å². The first-order chi connectivity index (χ1) is 15.2. The molecule has 0 amide bonds. The third-order valence-corrected chi connectivity index (χ3v) is 4.88. The highest BCUT2D eigenvalue weighted by atomic mass is 16.6. The molecular weight excluding hydrogens is 412 g/mol. The minimum atomic E-state index is -1.17. The Hall–Kier alpha value is -2.96. The van der Waals surface area contributed by atoms with Gasteiger partial charge in [-0.1, -0.05) is 44.1 Å². The fourth-order valence-corrected chi connectivity index (χ4v) is 3.32. The summed E-state index contributed by atoms with van der Waals surface area (Å²) >= 11 is 0. The Kier molecular flexibility index (Phi) is 12.0. The molecule has 0 aromatic rings. The van der Waals surface area contributed by atoms with Gasteiger partial charge < -0.3 is 14.2 Å². The largest absolute Gasteiger partial charge is 0.469 e. The fourth-order valence-electron chi connectivity index (χ4n) is 3.32. The molecule has 7 heteroatoms. The second-order valence-corrected chi connectivity index (χ2v) is 7.58. The smallest absolute Gasteiger partial charge is 0.305 e. The number of allylic oxidation sites excluding steroid dienone is 4. The van der Waals surface area contributed by atoms with E-state index in [4.69, 9.17) is 9.47 Å². The van der Waals surface area contributed by atoms with Gasteiger partial charge in [-0.25, -0.2) is 0 Å². The zero-order valence-corrected chi connectivity index (χ0v) is 19.4. The van der Waals surface area contributed by atoms with Crippen LogP contribution in [0.25, 0.3) is 0 Å². The number of carbonyl (C=O) groups excluding carboxylic acids is 4. The van der Waals surface area contributed by atoms with Crippen LogP contribution in [0.4, 0.5) is 0 Å². The molecule has 0 fully saturated rings. The average molecular weight is 447 g/mol. The number of methoxy groups -OCH3 is 1. The van der Waals surface area contributed by atoms with E-state index in [1.807, 2.05) is 12.2 Å². The molecule has 0 bridgehead atoms. The van der Waals surface area contributed by atoms with Gasteiger partial charge in [0.15, 0.2) is 11.4 Å². The molecule has 0 unspecified atom stereocenters. The number of ketones is 1. The van der Waals surface area contributed by atoms with E-state index in [1.165, 1.54) is 27.0 Å². The molecule has 1 aliphatic rings. The topological polar surface area (TPSA) is 96.0 Å². The number of hydrogen-bond acceptors (Lipinski definition) is 7. The quantitative estimate of drug-likeness (QED) is 0.137. The molecule has 2 atom stereocenters. The third-order valence-electron chi connectivity index (χ3n) is 4.88. The van der Waals surface area contributed by atoms with Gasteiger partial charge in [0.05, 0.1) is 7.11 Å². The summed E-state index contributed by atoms with van der Waals surface area (Å²) in [7, 11) is 1.29. The van der Waals surface area contributed by atoms with Gasteiger partial charge >= 0.3 is 17.9 Å². The molecule has 0 aromatic heterocycles. The summed E-state index contributed by atoms with van der Waals surface area (Å²) in [4.78, 5) is 47.0. The van der Waals surface area contributed by atoms with E-state index < -0.39 is 29.6 Å². The summed E-state index contributed by atoms with van der Waals surface area (Å²) in [6, 6.07) is 0. The first kappa shape index (κ1) is 27.1. The van der Waals surface area contributed by atoms with Crippen LogP contribution in [0.3, 0.4) is 0 Å². The highest BCUT2D eigenvalue weighted by Gasteiger charge is 2.41. The molecule has 0 saturated carbocycles. The van der Waals surface area contributed by atoms with E-state index >= 15 is 0 Å². The highest BCUT2D eigenvalue weighted by molar-refractivity contribution is 6.09. The van der Waals surface area contributed by atoms with E-state index in [2.05, 4.69) is 11.7 Å². The van der Waals surface area contributed by atoms with Crippen molar-refractivity contribution in [3.8, 4) is 0 Å². The molecule has 0 N–H and O–H groups in total. The molecule has 32 heavy (non-hydrogen) atoms. The predicted molar refractivity (Wildman–Crippen MR) is 121 cm³/mol. The number of unbranched alkanes of at least 4 members (excludes halogenated alkanes) is 3. The van der Waals surface area contributed by atoms with Crippen LogP contribution in [0, 0.1) is 0 Å². The highest BCUT2D eigenvalue weighted by Crippen LogP contribution is 2.34. The first-order valence-electron chi connectivity index (χ1n) is 10.9. The van der Waals surface area contributed by atoms with Crippen LogP contribution in [0.2, 0.25) is 0 Å². The number of hydrogen-bond donors (Lipinski definition) is 0. The van der Waals surface area contributed by atoms with Crippen molar-refractivity contribution in [2.24, 2.45) is 0 Å². The van der Waals surface area contributed by atoms with Crippen molar-refractivity contribution in [1.29, 1.82) is 0 Å². The maximum Gasteiger partial charge on any atom is 0.305 e. The lowest BCUT2D eigenvalue weighted by Crippen LogP contribution is -2.33.